The fraction of sp³-hybridized carbons (Fsp3) is 0.118. The van der Waals surface area contributed by atoms with E-state index in [9.17, 15) is 4.79 Å². The number of nitrogens with one attached hydrogen (secondary N) is 1. The highest BCUT2D eigenvalue weighted by molar-refractivity contribution is 7.80. The van der Waals surface area contributed by atoms with Crippen LogP contribution in [0.15, 0.2) is 66.7 Å². The zero-order valence-corrected chi connectivity index (χ0v) is 12.0. The van der Waals surface area contributed by atoms with Crippen LogP contribution < -0.4 is 5.32 Å². The Morgan fingerprint density at radius 1 is 0.950 bits per heavy atom. The first-order valence-corrected chi connectivity index (χ1v) is 7.16. The molecule has 1 N–H and O–H groups in total. The van der Waals surface area contributed by atoms with Crippen molar-refractivity contribution >= 4 is 24.1 Å². The molecule has 2 nitrogen and oxygen atoms in total. The van der Waals surface area contributed by atoms with Crippen molar-refractivity contribution in [3.8, 4) is 0 Å². The van der Waals surface area contributed by atoms with E-state index in [4.69, 9.17) is 0 Å². The van der Waals surface area contributed by atoms with Gasteiger partial charge in [-0.1, -0.05) is 60.7 Å². The van der Waals surface area contributed by atoms with Gasteiger partial charge in [0.2, 0.25) is 0 Å². The number of carbonyl (C=O) groups excluding carboxylic acids is 1. The zero-order valence-electron chi connectivity index (χ0n) is 11.1. The smallest absolute Gasteiger partial charge is 0.187 e. The van der Waals surface area contributed by atoms with Gasteiger partial charge < -0.3 is 5.32 Å². The highest BCUT2D eigenvalue weighted by Gasteiger charge is 2.06. The second kappa shape index (κ2) is 7.56. The number of hydrogen-bond donors (Lipinski definition) is 2. The molecule has 0 saturated heterocycles. The largest absolute Gasteiger partial charge is 0.384 e. The summed E-state index contributed by atoms with van der Waals surface area (Å²) in [5, 5.41) is 3.25. The van der Waals surface area contributed by atoms with E-state index in [1.165, 1.54) is 0 Å². The molecule has 0 radical (unpaired) electrons. The predicted molar refractivity (Wildman–Crippen MR) is 87.0 cm³/mol. The summed E-state index contributed by atoms with van der Waals surface area (Å²) in [5.41, 5.74) is 2.51. The van der Waals surface area contributed by atoms with Crippen molar-refractivity contribution in [3.05, 3.63) is 77.9 Å². The second-order valence-electron chi connectivity index (χ2n) is 4.30. The third-order valence-corrected chi connectivity index (χ3v) is 3.07. The summed E-state index contributed by atoms with van der Waals surface area (Å²) in [4.78, 5) is 12.3. The molecule has 102 valence electrons. The molecule has 2 aromatic rings. The van der Waals surface area contributed by atoms with Crippen molar-refractivity contribution in [1.29, 1.82) is 0 Å². The highest BCUT2D eigenvalue weighted by Crippen LogP contribution is 2.13. The first kappa shape index (κ1) is 14.4. The maximum Gasteiger partial charge on any atom is 0.187 e. The van der Waals surface area contributed by atoms with Crippen LogP contribution in [0, 0.1) is 0 Å². The number of benzene rings is 2. The maximum atomic E-state index is 12.3. The van der Waals surface area contributed by atoms with E-state index in [0.717, 1.165) is 11.3 Å². The number of allylic oxidation sites excluding steroid dienone is 1. The van der Waals surface area contributed by atoms with Crippen LogP contribution in [0.5, 0.6) is 0 Å². The molecule has 2 aromatic carbocycles. The minimum Gasteiger partial charge on any atom is -0.384 e. The molecule has 0 unspecified atom stereocenters. The SMILES string of the molecule is O=C(/C=C(\NCCS)c1ccccc1)c1ccccc1. The summed E-state index contributed by atoms with van der Waals surface area (Å²) in [6.45, 7) is 0.714. The van der Waals surface area contributed by atoms with Gasteiger partial charge in [0.1, 0.15) is 0 Å². The van der Waals surface area contributed by atoms with Crippen molar-refractivity contribution in [1.82, 2.24) is 5.32 Å². The molecule has 0 spiro atoms. The van der Waals surface area contributed by atoms with Gasteiger partial charge >= 0.3 is 0 Å². The molecule has 0 aliphatic rings. The minimum atomic E-state index is -0.00360. The van der Waals surface area contributed by atoms with Crippen molar-refractivity contribution < 1.29 is 4.79 Å². The molecule has 0 aromatic heterocycles. The van der Waals surface area contributed by atoms with E-state index in [0.29, 0.717) is 17.9 Å². The van der Waals surface area contributed by atoms with Crippen LogP contribution in [0.25, 0.3) is 5.70 Å². The molecule has 3 heteroatoms. The first-order chi connectivity index (χ1) is 9.81. The Hall–Kier alpha value is -2.00. The lowest BCUT2D eigenvalue weighted by molar-refractivity contribution is 0.104. The fourth-order valence-corrected chi connectivity index (χ4v) is 1.97. The van der Waals surface area contributed by atoms with E-state index in [1.54, 1.807) is 6.08 Å². The molecule has 0 bridgehead atoms. The Kier molecular flexibility index (Phi) is 5.44. The van der Waals surface area contributed by atoms with E-state index in [1.807, 2.05) is 60.7 Å². The predicted octanol–water partition coefficient (Wildman–Crippen LogP) is 3.43. The summed E-state index contributed by atoms with van der Waals surface area (Å²) < 4.78 is 0. The molecule has 0 fully saturated rings. The summed E-state index contributed by atoms with van der Waals surface area (Å²) in [7, 11) is 0. The van der Waals surface area contributed by atoms with Gasteiger partial charge in [-0.25, -0.2) is 0 Å². The lowest BCUT2D eigenvalue weighted by Gasteiger charge is -2.10. The molecule has 0 aliphatic carbocycles. The van der Waals surface area contributed by atoms with Crippen molar-refractivity contribution in [2.45, 2.75) is 0 Å². The Morgan fingerprint density at radius 3 is 2.05 bits per heavy atom. The Balaban J connectivity index is 2.27. The normalized spacial score (nSPS) is 11.2. The maximum absolute atomic E-state index is 12.3. The molecular formula is C17H17NOS. The van der Waals surface area contributed by atoms with Crippen LogP contribution in [-0.2, 0) is 0 Å². The van der Waals surface area contributed by atoms with Crippen LogP contribution in [0.3, 0.4) is 0 Å². The molecule has 20 heavy (non-hydrogen) atoms. The lowest BCUT2D eigenvalue weighted by atomic mass is 10.1. The van der Waals surface area contributed by atoms with Gasteiger partial charge in [0.25, 0.3) is 0 Å². The quantitative estimate of drug-likeness (QED) is 0.483. The third kappa shape index (κ3) is 4.00. The summed E-state index contributed by atoms with van der Waals surface area (Å²) in [6.07, 6.45) is 1.65. The average molecular weight is 283 g/mol. The van der Waals surface area contributed by atoms with Gasteiger partial charge in [0, 0.05) is 29.6 Å². The standard InChI is InChI=1S/C17H17NOS/c19-17(15-9-5-2-6-10-15)13-16(18-11-12-20)14-7-3-1-4-8-14/h1-10,13,18,20H,11-12H2/b16-13-. The third-order valence-electron chi connectivity index (χ3n) is 2.85. The Labute approximate surface area is 124 Å². The molecule has 0 saturated carbocycles. The first-order valence-electron chi connectivity index (χ1n) is 6.52. The van der Waals surface area contributed by atoms with Gasteiger partial charge in [-0.15, -0.1) is 0 Å². The molecule has 0 amide bonds. The Morgan fingerprint density at radius 2 is 1.50 bits per heavy atom. The number of rotatable bonds is 6. The summed E-state index contributed by atoms with van der Waals surface area (Å²) >= 11 is 4.19. The van der Waals surface area contributed by atoms with Gasteiger partial charge in [-0.2, -0.15) is 12.6 Å². The minimum absolute atomic E-state index is 0.00360. The van der Waals surface area contributed by atoms with Crippen LogP contribution >= 0.6 is 12.6 Å². The van der Waals surface area contributed by atoms with Crippen molar-refractivity contribution in [2.75, 3.05) is 12.3 Å². The molecule has 0 heterocycles. The topological polar surface area (TPSA) is 29.1 Å². The fourth-order valence-electron chi connectivity index (χ4n) is 1.86. The molecule has 0 atom stereocenters. The van der Waals surface area contributed by atoms with Crippen molar-refractivity contribution in [2.24, 2.45) is 0 Å². The molecule has 2 rings (SSSR count). The number of thiol groups is 1. The zero-order chi connectivity index (χ0) is 14.2. The van der Waals surface area contributed by atoms with Crippen LogP contribution in [-0.4, -0.2) is 18.1 Å². The van der Waals surface area contributed by atoms with Gasteiger partial charge in [0.15, 0.2) is 5.78 Å². The van der Waals surface area contributed by atoms with E-state index in [-0.39, 0.29) is 5.78 Å². The van der Waals surface area contributed by atoms with Crippen LogP contribution in [0.1, 0.15) is 15.9 Å². The second-order valence-corrected chi connectivity index (χ2v) is 4.75. The van der Waals surface area contributed by atoms with E-state index < -0.39 is 0 Å². The van der Waals surface area contributed by atoms with E-state index in [2.05, 4.69) is 17.9 Å². The van der Waals surface area contributed by atoms with Crippen LogP contribution in [0.4, 0.5) is 0 Å². The number of hydrogen-bond acceptors (Lipinski definition) is 3. The summed E-state index contributed by atoms with van der Waals surface area (Å²) in [5.74, 6) is 0.708. The van der Waals surface area contributed by atoms with Crippen LogP contribution in [0.2, 0.25) is 0 Å². The highest BCUT2D eigenvalue weighted by atomic mass is 32.1. The Bertz CT molecular complexity index is 578. The van der Waals surface area contributed by atoms with Gasteiger partial charge in [-0.05, 0) is 5.56 Å². The van der Waals surface area contributed by atoms with Gasteiger partial charge in [0.05, 0.1) is 0 Å². The van der Waals surface area contributed by atoms with E-state index >= 15 is 0 Å². The average Bonchev–Trinajstić information content (AvgIpc) is 2.53. The van der Waals surface area contributed by atoms with Crippen molar-refractivity contribution in [3.63, 3.8) is 0 Å². The van der Waals surface area contributed by atoms with Gasteiger partial charge in [-0.3, -0.25) is 4.79 Å². The summed E-state index contributed by atoms with van der Waals surface area (Å²) in [6, 6.07) is 19.1. The number of carbonyl (C=O) groups is 1. The molecular weight excluding hydrogens is 266 g/mol. The molecule has 0 aliphatic heterocycles. The monoisotopic (exact) mass is 283 g/mol. The lowest BCUT2D eigenvalue weighted by Crippen LogP contribution is -2.16. The number of ketones is 1.